The molecule has 0 fully saturated rings. The van der Waals surface area contributed by atoms with Crippen molar-refractivity contribution < 1.29 is 9.53 Å². The molecule has 0 N–H and O–H groups in total. The minimum atomic E-state index is -0.482. The van der Waals surface area contributed by atoms with Gasteiger partial charge in [-0.05, 0) is 39.3 Å². The smallest absolute Gasteiger partial charge is 0.316 e. The molecule has 3 nitrogen and oxygen atoms in total. The number of hydrogen-bond donors (Lipinski definition) is 0. The minimum Gasteiger partial charge on any atom is -0.424 e. The lowest BCUT2D eigenvalue weighted by atomic mass is 9.97. The van der Waals surface area contributed by atoms with Gasteiger partial charge < -0.3 is 4.74 Å². The average Bonchev–Trinajstić information content (AvgIpc) is 2.02. The summed E-state index contributed by atoms with van der Waals surface area (Å²) in [6, 6.07) is 1.79. The molecule has 0 aliphatic rings. The molecule has 0 radical (unpaired) electrons. The first-order chi connectivity index (χ1) is 6.39. The molecule has 3 heteroatoms. The molecule has 0 aliphatic heterocycles. The Morgan fingerprint density at radius 2 is 2.00 bits per heavy atom. The van der Waals surface area contributed by atoms with Crippen molar-refractivity contribution in [1.29, 1.82) is 0 Å². The van der Waals surface area contributed by atoms with Crippen LogP contribution in [0.2, 0.25) is 0 Å². The van der Waals surface area contributed by atoms with Crippen LogP contribution in [0.3, 0.4) is 0 Å². The van der Waals surface area contributed by atoms with Crippen LogP contribution in [0, 0.1) is 12.3 Å². The summed E-state index contributed by atoms with van der Waals surface area (Å²) in [6.07, 6.45) is 3.26. The third-order valence-electron chi connectivity index (χ3n) is 1.67. The van der Waals surface area contributed by atoms with Crippen molar-refractivity contribution in [1.82, 2.24) is 4.98 Å². The first-order valence-corrected chi connectivity index (χ1v) is 4.53. The predicted molar refractivity (Wildman–Crippen MR) is 54.1 cm³/mol. The second-order valence-electron chi connectivity index (χ2n) is 4.34. The number of aromatic nitrogens is 1. The number of nitrogens with zero attached hydrogens (tertiary/aromatic N) is 1. The third-order valence-corrected chi connectivity index (χ3v) is 1.67. The van der Waals surface area contributed by atoms with Gasteiger partial charge in [0.1, 0.15) is 5.75 Å². The van der Waals surface area contributed by atoms with E-state index in [-0.39, 0.29) is 5.97 Å². The van der Waals surface area contributed by atoms with Gasteiger partial charge in [0.2, 0.25) is 0 Å². The lowest BCUT2D eigenvalue weighted by Crippen LogP contribution is -2.25. The van der Waals surface area contributed by atoms with Crippen molar-refractivity contribution in [2.45, 2.75) is 27.7 Å². The highest BCUT2D eigenvalue weighted by Crippen LogP contribution is 2.18. The largest absolute Gasteiger partial charge is 0.424 e. The molecule has 1 aromatic heterocycles. The fourth-order valence-electron chi connectivity index (χ4n) is 0.843. The maximum atomic E-state index is 11.5. The highest BCUT2D eigenvalue weighted by atomic mass is 16.5. The van der Waals surface area contributed by atoms with Crippen LogP contribution in [0.1, 0.15) is 26.3 Å². The SMILES string of the molecule is Cc1cncc(OC(=O)C(C)(C)C)c1. The van der Waals surface area contributed by atoms with Gasteiger partial charge in [-0.15, -0.1) is 0 Å². The van der Waals surface area contributed by atoms with Gasteiger partial charge in [0.25, 0.3) is 0 Å². The number of carbonyl (C=O) groups is 1. The van der Waals surface area contributed by atoms with E-state index < -0.39 is 5.41 Å². The van der Waals surface area contributed by atoms with Crippen molar-refractivity contribution in [2.24, 2.45) is 5.41 Å². The van der Waals surface area contributed by atoms with Gasteiger partial charge in [0.15, 0.2) is 0 Å². The summed E-state index contributed by atoms with van der Waals surface area (Å²) >= 11 is 0. The molecule has 0 saturated carbocycles. The molecule has 0 unspecified atom stereocenters. The molecule has 14 heavy (non-hydrogen) atoms. The second kappa shape index (κ2) is 3.78. The predicted octanol–water partition coefficient (Wildman–Crippen LogP) is 2.34. The molecule has 76 valence electrons. The average molecular weight is 193 g/mol. The van der Waals surface area contributed by atoms with E-state index >= 15 is 0 Å². The van der Waals surface area contributed by atoms with Crippen LogP contribution in [0.5, 0.6) is 5.75 Å². The zero-order valence-electron chi connectivity index (χ0n) is 9.00. The maximum absolute atomic E-state index is 11.5. The lowest BCUT2D eigenvalue weighted by molar-refractivity contribution is -0.143. The molecule has 0 spiro atoms. The number of rotatable bonds is 1. The van der Waals surface area contributed by atoms with Crippen LogP contribution >= 0.6 is 0 Å². The van der Waals surface area contributed by atoms with E-state index in [0.717, 1.165) is 5.56 Å². The zero-order chi connectivity index (χ0) is 10.8. The summed E-state index contributed by atoms with van der Waals surface area (Å²) in [4.78, 5) is 15.4. The monoisotopic (exact) mass is 193 g/mol. The Morgan fingerprint density at radius 1 is 1.36 bits per heavy atom. The second-order valence-corrected chi connectivity index (χ2v) is 4.34. The van der Waals surface area contributed by atoms with Gasteiger partial charge in [-0.1, -0.05) is 0 Å². The summed E-state index contributed by atoms with van der Waals surface area (Å²) in [6.45, 7) is 7.36. The summed E-state index contributed by atoms with van der Waals surface area (Å²) in [5.41, 5.74) is 0.494. The Kier molecular flexibility index (Phi) is 2.89. The van der Waals surface area contributed by atoms with Crippen LogP contribution in [-0.2, 0) is 4.79 Å². The number of pyridine rings is 1. The topological polar surface area (TPSA) is 39.2 Å². The molecule has 0 aliphatic carbocycles. The number of hydrogen-bond acceptors (Lipinski definition) is 3. The Bertz CT molecular complexity index is 339. The number of carbonyl (C=O) groups excluding carboxylic acids is 1. The van der Waals surface area contributed by atoms with Gasteiger partial charge in [0, 0.05) is 6.20 Å². The van der Waals surface area contributed by atoms with Crippen LogP contribution < -0.4 is 4.74 Å². The van der Waals surface area contributed by atoms with E-state index in [1.54, 1.807) is 12.3 Å². The molecular weight excluding hydrogens is 178 g/mol. The molecule has 1 aromatic rings. The standard InChI is InChI=1S/C11H15NO2/c1-8-5-9(7-12-6-8)14-10(13)11(2,3)4/h5-7H,1-4H3. The van der Waals surface area contributed by atoms with Gasteiger partial charge in [0.05, 0.1) is 11.6 Å². The van der Waals surface area contributed by atoms with Gasteiger partial charge in [-0.3, -0.25) is 9.78 Å². The third kappa shape index (κ3) is 2.83. The van der Waals surface area contributed by atoms with Crippen molar-refractivity contribution in [3.63, 3.8) is 0 Å². The van der Waals surface area contributed by atoms with E-state index in [1.165, 1.54) is 6.20 Å². The Labute approximate surface area is 84.1 Å². The fourth-order valence-corrected chi connectivity index (χ4v) is 0.843. The minimum absolute atomic E-state index is 0.245. The van der Waals surface area contributed by atoms with Crippen LogP contribution in [-0.4, -0.2) is 11.0 Å². The van der Waals surface area contributed by atoms with Crippen molar-refractivity contribution >= 4 is 5.97 Å². The van der Waals surface area contributed by atoms with Gasteiger partial charge in [-0.25, -0.2) is 0 Å². The lowest BCUT2D eigenvalue weighted by Gasteiger charge is -2.16. The van der Waals surface area contributed by atoms with E-state index in [4.69, 9.17) is 4.74 Å². The van der Waals surface area contributed by atoms with E-state index in [0.29, 0.717) is 5.75 Å². The van der Waals surface area contributed by atoms with E-state index in [2.05, 4.69) is 4.98 Å². The molecule has 0 aromatic carbocycles. The van der Waals surface area contributed by atoms with Crippen molar-refractivity contribution in [3.05, 3.63) is 24.0 Å². The molecule has 0 saturated heterocycles. The number of ether oxygens (including phenoxy) is 1. The summed E-state index contributed by atoms with van der Waals surface area (Å²) in [5, 5.41) is 0. The Hall–Kier alpha value is -1.38. The zero-order valence-corrected chi connectivity index (χ0v) is 9.00. The first kappa shape index (κ1) is 10.7. The molecule has 1 heterocycles. The van der Waals surface area contributed by atoms with E-state index in [1.807, 2.05) is 27.7 Å². The van der Waals surface area contributed by atoms with Gasteiger partial charge in [-0.2, -0.15) is 0 Å². The Balaban J connectivity index is 2.75. The summed E-state index contributed by atoms with van der Waals surface area (Å²) < 4.78 is 5.16. The quantitative estimate of drug-likeness (QED) is 0.642. The highest BCUT2D eigenvalue weighted by Gasteiger charge is 2.23. The van der Waals surface area contributed by atoms with Crippen LogP contribution in [0.4, 0.5) is 0 Å². The number of aryl methyl sites for hydroxylation is 1. The van der Waals surface area contributed by atoms with Crippen molar-refractivity contribution in [2.75, 3.05) is 0 Å². The van der Waals surface area contributed by atoms with Gasteiger partial charge >= 0.3 is 5.97 Å². The number of esters is 1. The van der Waals surface area contributed by atoms with Crippen LogP contribution in [0.25, 0.3) is 0 Å². The summed E-state index contributed by atoms with van der Waals surface area (Å²) in [5.74, 6) is 0.259. The molecule has 0 atom stereocenters. The molecular formula is C11H15NO2. The van der Waals surface area contributed by atoms with Crippen LogP contribution in [0.15, 0.2) is 18.5 Å². The molecule has 1 rings (SSSR count). The molecule has 0 amide bonds. The normalized spacial score (nSPS) is 11.1. The fraction of sp³-hybridized carbons (Fsp3) is 0.455. The first-order valence-electron chi connectivity index (χ1n) is 4.53. The van der Waals surface area contributed by atoms with Crippen molar-refractivity contribution in [3.8, 4) is 5.75 Å². The summed E-state index contributed by atoms with van der Waals surface area (Å²) in [7, 11) is 0. The Morgan fingerprint density at radius 3 is 2.50 bits per heavy atom. The van der Waals surface area contributed by atoms with E-state index in [9.17, 15) is 4.79 Å². The molecule has 0 bridgehead atoms. The highest BCUT2D eigenvalue weighted by molar-refractivity contribution is 5.77. The maximum Gasteiger partial charge on any atom is 0.316 e.